The normalized spacial score (nSPS) is 12.7. The predicted octanol–water partition coefficient (Wildman–Crippen LogP) is 17.9. The summed E-state index contributed by atoms with van der Waals surface area (Å²) in [5.74, 6) is 3.09. The summed E-state index contributed by atoms with van der Waals surface area (Å²) in [6, 6.07) is 0. The van der Waals surface area contributed by atoms with Crippen molar-refractivity contribution in [2.45, 2.75) is 307 Å². The lowest BCUT2D eigenvalue weighted by atomic mass is 10.1. The van der Waals surface area contributed by atoms with Gasteiger partial charge in [-0.05, 0) is 99.9 Å². The van der Waals surface area contributed by atoms with Crippen molar-refractivity contribution < 1.29 is 95.3 Å². The van der Waals surface area contributed by atoms with Crippen LogP contribution < -0.4 is 10.6 Å². The average molecular weight is 1870 g/mol. The van der Waals surface area contributed by atoms with Gasteiger partial charge in [0.2, 0.25) is 0 Å². The molecule has 0 saturated heterocycles. The molecule has 0 rings (SSSR count). The Bertz CT molecular complexity index is 2510. The highest BCUT2D eigenvalue weighted by Gasteiger charge is 2.23. The van der Waals surface area contributed by atoms with Crippen molar-refractivity contribution >= 4 is 119 Å². The number of esters is 10. The van der Waals surface area contributed by atoms with Crippen molar-refractivity contribution in [1.82, 2.24) is 25.3 Å². The van der Waals surface area contributed by atoms with Gasteiger partial charge in [-0.15, -0.1) is 0 Å². The van der Waals surface area contributed by atoms with Gasteiger partial charge in [-0.3, -0.25) is 47.9 Å². The zero-order chi connectivity index (χ0) is 91.9. The molecule has 0 aliphatic heterocycles. The van der Waals surface area contributed by atoms with Gasteiger partial charge in [0.05, 0.1) is 61.7 Å². The molecule has 0 aliphatic rings. The number of thioether (sulfide) groups is 5. The van der Waals surface area contributed by atoms with Crippen LogP contribution in [0, 0.1) is 29.6 Å². The van der Waals surface area contributed by atoms with Gasteiger partial charge in [0, 0.05) is 87.7 Å². The fourth-order valence-electron chi connectivity index (χ4n) is 13.0. The van der Waals surface area contributed by atoms with Gasteiger partial charge in [0.15, 0.2) is 0 Å². The number of carbonyl (C=O) groups excluding carboxylic acids is 10. The van der Waals surface area contributed by atoms with Gasteiger partial charge in [0.25, 0.3) is 0 Å². The van der Waals surface area contributed by atoms with Crippen molar-refractivity contribution in [2.24, 2.45) is 29.6 Å². The van der Waals surface area contributed by atoms with Crippen molar-refractivity contribution in [3.05, 3.63) is 0 Å². The van der Waals surface area contributed by atoms with E-state index < -0.39 is 29.8 Å². The second-order valence-corrected chi connectivity index (χ2v) is 38.9. The van der Waals surface area contributed by atoms with Crippen molar-refractivity contribution in [1.29, 1.82) is 0 Å². The van der Waals surface area contributed by atoms with Gasteiger partial charge >= 0.3 is 59.7 Å². The summed E-state index contributed by atoms with van der Waals surface area (Å²) in [5.41, 5.74) is 0. The van der Waals surface area contributed by atoms with E-state index in [0.717, 1.165) is 67.3 Å². The zero-order valence-corrected chi connectivity index (χ0v) is 84.0. The van der Waals surface area contributed by atoms with Crippen molar-refractivity contribution in [2.75, 3.05) is 209 Å². The third kappa shape index (κ3) is 80.8. The summed E-state index contributed by atoms with van der Waals surface area (Å²) in [6.07, 6.45) is 38.2. The fraction of sp³-hybridized carbons (Fsp3) is 0.895. The number of carbonyl (C=O) groups is 10. The molecule has 0 aliphatic carbocycles. The minimum Gasteiger partial charge on any atom is -0.462 e. The maximum Gasteiger partial charge on any atom is 0.309 e. The Morgan fingerprint density at radius 3 is 0.608 bits per heavy atom. The molecular formula is C95H177N5O20S5. The molecule has 0 aromatic rings. The third-order valence-electron chi connectivity index (χ3n) is 21.0. The lowest BCUT2D eigenvalue weighted by Gasteiger charge is -2.24. The highest BCUT2D eigenvalue weighted by atomic mass is 32.2. The highest BCUT2D eigenvalue weighted by molar-refractivity contribution is 8.00. The first-order chi connectivity index (χ1) is 60.7. The molecule has 0 fully saturated rings. The molecule has 0 aromatic carbocycles. The summed E-state index contributed by atoms with van der Waals surface area (Å²) in [7, 11) is 0. The van der Waals surface area contributed by atoms with Gasteiger partial charge < -0.3 is 72.7 Å². The fourth-order valence-corrected chi connectivity index (χ4v) is 18.3. The second-order valence-electron chi connectivity index (χ2n) is 33.1. The first kappa shape index (κ1) is 121. The number of rotatable bonds is 94. The van der Waals surface area contributed by atoms with Crippen molar-refractivity contribution in [3.8, 4) is 0 Å². The number of unbranched alkanes of at least 4 members (excludes halogenated alkanes) is 25. The summed E-state index contributed by atoms with van der Waals surface area (Å²) in [4.78, 5) is 136. The molecule has 30 heteroatoms. The molecule has 0 saturated carbocycles. The molecule has 0 spiro atoms. The number of nitrogens with zero attached hydrogens (tertiary/aromatic N) is 3. The molecule has 125 heavy (non-hydrogen) atoms. The van der Waals surface area contributed by atoms with E-state index in [-0.39, 0.29) is 171 Å². The Balaban J connectivity index is 6.09. The van der Waals surface area contributed by atoms with Crippen LogP contribution >= 0.6 is 58.8 Å². The smallest absolute Gasteiger partial charge is 0.309 e. The molecule has 0 aromatic heterocycles. The van der Waals surface area contributed by atoms with Crippen LogP contribution in [0.15, 0.2) is 0 Å². The molecule has 5 unspecified atom stereocenters. The zero-order valence-electron chi connectivity index (χ0n) is 79.9. The predicted molar refractivity (Wildman–Crippen MR) is 516 cm³/mol. The minimum atomic E-state index is -0.473. The lowest BCUT2D eigenvalue weighted by Crippen LogP contribution is -2.39. The van der Waals surface area contributed by atoms with Gasteiger partial charge in [-0.2, -0.15) is 58.8 Å². The summed E-state index contributed by atoms with van der Waals surface area (Å²) >= 11 is 8.79. The van der Waals surface area contributed by atoms with Gasteiger partial charge in [-0.25, -0.2) is 0 Å². The van der Waals surface area contributed by atoms with Crippen LogP contribution in [0.2, 0.25) is 0 Å². The second kappa shape index (κ2) is 90.8. The third-order valence-corrected chi connectivity index (χ3v) is 27.6. The number of hydrogen-bond donors (Lipinski definition) is 2. The molecule has 25 nitrogen and oxygen atoms in total. The molecule has 732 valence electrons. The summed E-state index contributed by atoms with van der Waals surface area (Å²) < 4.78 is 54.9. The molecule has 0 amide bonds. The van der Waals surface area contributed by atoms with E-state index >= 15 is 0 Å². The standard InChI is InChI=1S/C95H177N5O20S5/c1-11-16-21-26-31-36-71-121-76-81(6)91(106)116-66-61-111-86(101)43-54-98(55-44-87(102)112-62-67-117-92(107)82(7)77-122-72-37-32-27-22-17-12-2)52-41-48-96-49-42-53-99(56-45-88(103)113-63-68-118-93(108)83(8)78-123-73-38-33-28-23-18-13-3)59-50-97-51-60-100(57-46-89(104)114-64-69-119-94(109)84(9)79-124-74-39-34-29-24-19-14-4)58-47-90(105)115-65-70-120-95(110)85(10)80-125-75-40-35-30-25-20-15-5/h81-85,96-97H,11-80H2,1-10H3. The van der Waals surface area contributed by atoms with Crippen LogP contribution in [0.25, 0.3) is 0 Å². The average Bonchev–Trinajstić information content (AvgIpc) is 1.02. The largest absolute Gasteiger partial charge is 0.462 e. The molecule has 2 N–H and O–H groups in total. The number of nitrogens with one attached hydrogen (secondary N) is 2. The van der Waals surface area contributed by atoms with Crippen LogP contribution in [0.4, 0.5) is 0 Å². The first-order valence-corrected chi connectivity index (χ1v) is 54.6. The topological polar surface area (TPSA) is 297 Å². The maximum absolute atomic E-state index is 13.3. The first-order valence-electron chi connectivity index (χ1n) is 48.8. The van der Waals surface area contributed by atoms with E-state index in [1.165, 1.54) is 161 Å². The van der Waals surface area contributed by atoms with E-state index in [1.54, 1.807) is 58.8 Å². The van der Waals surface area contributed by atoms with Crippen LogP contribution in [-0.4, -0.2) is 283 Å². The van der Waals surface area contributed by atoms with E-state index in [2.05, 4.69) is 50.2 Å². The molecule has 0 heterocycles. The van der Waals surface area contributed by atoms with E-state index in [4.69, 9.17) is 47.4 Å². The van der Waals surface area contributed by atoms with Crippen LogP contribution in [0.1, 0.15) is 307 Å². The lowest BCUT2D eigenvalue weighted by molar-refractivity contribution is -0.154. The maximum atomic E-state index is 13.3. The minimum absolute atomic E-state index is 0.0184. The van der Waals surface area contributed by atoms with E-state index in [1.807, 2.05) is 44.4 Å². The Morgan fingerprint density at radius 1 is 0.216 bits per heavy atom. The molecule has 0 radical (unpaired) electrons. The Labute approximate surface area is 779 Å². The van der Waals surface area contributed by atoms with Crippen LogP contribution in [0.3, 0.4) is 0 Å². The Hall–Kier alpha value is -3.75. The summed E-state index contributed by atoms with van der Waals surface area (Å²) in [5, 5.41) is 7.05. The highest BCUT2D eigenvalue weighted by Crippen LogP contribution is 2.21. The summed E-state index contributed by atoms with van der Waals surface area (Å²) in [6.45, 7) is 25.8. The van der Waals surface area contributed by atoms with Gasteiger partial charge in [0.1, 0.15) is 66.1 Å². The van der Waals surface area contributed by atoms with Crippen LogP contribution in [0.5, 0.6) is 0 Å². The Kier molecular flexibility index (Phi) is 88.1. The quantitative estimate of drug-likeness (QED) is 0.0325. The SMILES string of the molecule is CCCCCCCCSCC(C)C(=O)OCCOC(=O)CCN(CCCNCCCN(CCC(=O)OCCOC(=O)C(C)CSCCCCCCCC)CCC(=O)OCCOC(=O)C(C)CSCCCCCCCC)CCNCCN(CCC(=O)OCCOC(=O)C(C)CSCCCCCCCC)CCC(=O)OCCOC(=O)C(C)CSCCCCCCCC. The molecular weight excluding hydrogens is 1690 g/mol. The number of ether oxygens (including phenoxy) is 10. The molecule has 5 atom stereocenters. The van der Waals surface area contributed by atoms with Crippen LogP contribution in [-0.2, 0) is 95.3 Å². The molecule has 0 bridgehead atoms. The van der Waals surface area contributed by atoms with E-state index in [9.17, 15) is 47.9 Å². The Morgan fingerprint density at radius 2 is 0.392 bits per heavy atom. The van der Waals surface area contributed by atoms with Crippen molar-refractivity contribution in [3.63, 3.8) is 0 Å². The monoisotopic (exact) mass is 1870 g/mol. The van der Waals surface area contributed by atoms with Gasteiger partial charge in [-0.1, -0.05) is 230 Å². The van der Waals surface area contributed by atoms with E-state index in [0.29, 0.717) is 107 Å². The number of hydrogen-bond acceptors (Lipinski definition) is 30.